The highest BCUT2D eigenvalue weighted by atomic mass is 19.1. The van der Waals surface area contributed by atoms with Gasteiger partial charge in [0.2, 0.25) is 0 Å². The first-order chi connectivity index (χ1) is 17.5. The molecule has 1 atom stereocenters. The summed E-state index contributed by atoms with van der Waals surface area (Å²) in [5.74, 6) is -2.19. The summed E-state index contributed by atoms with van der Waals surface area (Å²) in [6.45, 7) is 7.66. The third kappa shape index (κ3) is 5.36. The van der Waals surface area contributed by atoms with E-state index in [0.29, 0.717) is 45.6 Å². The number of aliphatic hydroxyl groups is 1. The van der Waals surface area contributed by atoms with Gasteiger partial charge in [-0.25, -0.2) is 28.4 Å². The number of aryl methyl sites for hydroxylation is 1. The molecular formula is C26H25F2N7O2. The van der Waals surface area contributed by atoms with E-state index in [1.54, 1.807) is 34.1 Å². The zero-order valence-corrected chi connectivity index (χ0v) is 20.7. The second-order valence-corrected chi connectivity index (χ2v) is 8.74. The summed E-state index contributed by atoms with van der Waals surface area (Å²) in [6, 6.07) is 7.52. The van der Waals surface area contributed by atoms with Crippen molar-refractivity contribution in [3.8, 4) is 5.69 Å². The molecule has 0 unspecified atom stereocenters. The second-order valence-electron chi connectivity index (χ2n) is 8.74. The number of halogens is 2. The zero-order chi connectivity index (χ0) is 26.9. The smallest absolute Gasteiger partial charge is 0.257 e. The van der Waals surface area contributed by atoms with Crippen molar-refractivity contribution >= 4 is 40.4 Å². The maximum absolute atomic E-state index is 13.5. The van der Waals surface area contributed by atoms with E-state index < -0.39 is 23.6 Å². The van der Waals surface area contributed by atoms with Crippen LogP contribution in [0.2, 0.25) is 0 Å². The molecule has 4 rings (SSSR count). The summed E-state index contributed by atoms with van der Waals surface area (Å²) in [6.07, 6.45) is 1.29. The summed E-state index contributed by atoms with van der Waals surface area (Å²) >= 11 is 0. The van der Waals surface area contributed by atoms with Gasteiger partial charge in [-0.15, -0.1) is 0 Å². The predicted octanol–water partition coefficient (Wildman–Crippen LogP) is 4.33. The van der Waals surface area contributed by atoms with Crippen molar-refractivity contribution in [2.24, 2.45) is 4.99 Å². The van der Waals surface area contributed by atoms with E-state index >= 15 is 0 Å². The molecule has 0 aliphatic rings. The molecule has 9 nitrogen and oxygen atoms in total. The van der Waals surface area contributed by atoms with E-state index in [2.05, 4.69) is 26.9 Å². The van der Waals surface area contributed by atoms with E-state index in [1.165, 1.54) is 6.33 Å². The third-order valence-electron chi connectivity index (χ3n) is 5.40. The first kappa shape index (κ1) is 25.6. The fraction of sp³-hybridized carbons (Fsp3) is 0.192. The predicted molar refractivity (Wildman–Crippen MR) is 138 cm³/mol. The Balaban J connectivity index is 1.70. The van der Waals surface area contributed by atoms with Crippen LogP contribution in [0.5, 0.6) is 0 Å². The number of benzene rings is 2. The fourth-order valence-corrected chi connectivity index (χ4v) is 3.73. The summed E-state index contributed by atoms with van der Waals surface area (Å²) < 4.78 is 28.7. The van der Waals surface area contributed by atoms with Gasteiger partial charge in [-0.3, -0.25) is 4.79 Å². The Morgan fingerprint density at radius 3 is 2.51 bits per heavy atom. The van der Waals surface area contributed by atoms with E-state index in [4.69, 9.17) is 5.10 Å². The average Bonchev–Trinajstić information content (AvgIpc) is 3.22. The first-order valence-electron chi connectivity index (χ1n) is 11.2. The highest BCUT2D eigenvalue weighted by molar-refractivity contribution is 5.96. The Kier molecular flexibility index (Phi) is 7.07. The summed E-state index contributed by atoms with van der Waals surface area (Å²) in [5, 5.41) is 17.6. The van der Waals surface area contributed by atoms with E-state index in [0.717, 1.165) is 17.7 Å². The number of carbonyl (C=O) groups is 1. The van der Waals surface area contributed by atoms with Gasteiger partial charge in [-0.05, 0) is 60.9 Å². The molecule has 0 saturated heterocycles. The molecule has 1 amide bonds. The number of nitrogens with zero attached hydrogens (tertiary/aromatic N) is 6. The lowest BCUT2D eigenvalue weighted by Gasteiger charge is -2.14. The molecule has 4 aromatic rings. The van der Waals surface area contributed by atoms with Gasteiger partial charge in [0, 0.05) is 25.8 Å². The lowest BCUT2D eigenvalue weighted by molar-refractivity contribution is -0.124. The number of aliphatic imine (C=N–C) groups is 1. The normalized spacial score (nSPS) is 12.2. The number of hydrogen-bond acceptors (Lipinski definition) is 6. The fourth-order valence-electron chi connectivity index (χ4n) is 3.73. The lowest BCUT2D eigenvalue weighted by Crippen LogP contribution is -2.21. The number of hydrogen-bond donors (Lipinski definition) is 2. The van der Waals surface area contributed by atoms with Gasteiger partial charge in [0.15, 0.2) is 11.9 Å². The molecule has 0 bridgehead atoms. The number of aliphatic hydroxyl groups excluding tert-OH is 1. The van der Waals surface area contributed by atoms with Gasteiger partial charge in [0.25, 0.3) is 5.91 Å². The van der Waals surface area contributed by atoms with Crippen LogP contribution in [-0.2, 0) is 4.79 Å². The number of rotatable bonds is 7. The third-order valence-corrected chi connectivity index (χ3v) is 5.40. The molecular weight excluding hydrogens is 480 g/mol. The van der Waals surface area contributed by atoms with Crippen molar-refractivity contribution in [1.82, 2.24) is 24.6 Å². The van der Waals surface area contributed by atoms with Crippen LogP contribution < -0.4 is 5.32 Å². The van der Waals surface area contributed by atoms with Gasteiger partial charge in [-0.2, -0.15) is 5.10 Å². The second kappa shape index (κ2) is 10.2. The van der Waals surface area contributed by atoms with Crippen LogP contribution >= 0.6 is 0 Å². The van der Waals surface area contributed by atoms with Crippen molar-refractivity contribution in [1.29, 1.82) is 0 Å². The Morgan fingerprint density at radius 2 is 1.89 bits per heavy atom. The van der Waals surface area contributed by atoms with Crippen molar-refractivity contribution in [2.45, 2.75) is 20.0 Å². The maximum atomic E-state index is 13.5. The Labute approximate surface area is 211 Å². The van der Waals surface area contributed by atoms with Crippen LogP contribution in [0.4, 0.5) is 20.3 Å². The maximum Gasteiger partial charge on any atom is 0.257 e. The quantitative estimate of drug-likeness (QED) is 0.286. The number of nitrogens with one attached hydrogen (secondary N) is 1. The van der Waals surface area contributed by atoms with Crippen molar-refractivity contribution in [2.75, 3.05) is 19.4 Å². The van der Waals surface area contributed by atoms with Crippen LogP contribution in [0.3, 0.4) is 0 Å². The Hall–Kier alpha value is -4.51. The van der Waals surface area contributed by atoms with Crippen molar-refractivity contribution in [3.63, 3.8) is 0 Å². The molecule has 0 saturated carbocycles. The molecule has 2 heterocycles. The van der Waals surface area contributed by atoms with Crippen molar-refractivity contribution in [3.05, 3.63) is 77.8 Å². The molecule has 190 valence electrons. The Bertz CT molecular complexity index is 1530. The minimum atomic E-state index is -1.76. The minimum Gasteiger partial charge on any atom is -0.378 e. The standard InChI is InChI=1S/C26H25F2N7O2/c1-14(2)21-22-23(25(30-12-29-22)31-13-34(4)5)35(33-21)20-7-6-19(8-15(20)3)32-26(37)24(36)16-9-17(27)11-18(28)10-16/h6-13,24,36H,1H2,2-5H3,(H,32,37)/t24-/m1/s1. The topological polar surface area (TPSA) is 109 Å². The minimum absolute atomic E-state index is 0.190. The average molecular weight is 506 g/mol. The molecule has 11 heteroatoms. The molecule has 0 spiro atoms. The van der Waals surface area contributed by atoms with Gasteiger partial charge < -0.3 is 15.3 Å². The van der Waals surface area contributed by atoms with Crippen LogP contribution in [0.1, 0.15) is 29.8 Å². The molecule has 0 radical (unpaired) electrons. The summed E-state index contributed by atoms with van der Waals surface area (Å²) in [5.41, 5.74) is 4.09. The van der Waals surface area contributed by atoms with Crippen LogP contribution in [-0.4, -0.2) is 56.1 Å². The van der Waals surface area contributed by atoms with E-state index in [1.807, 2.05) is 27.9 Å². The SMILES string of the molecule is C=C(C)c1nn(-c2ccc(NC(=O)[C@H](O)c3cc(F)cc(F)c3)cc2C)c2c(N=CN(C)C)ncnc12. The number of fused-ring (bicyclic) bond motifs is 1. The van der Waals surface area contributed by atoms with Crippen molar-refractivity contribution < 1.29 is 18.7 Å². The lowest BCUT2D eigenvalue weighted by atomic mass is 10.1. The Morgan fingerprint density at radius 1 is 1.19 bits per heavy atom. The number of carbonyl (C=O) groups excluding carboxylic acids is 1. The van der Waals surface area contributed by atoms with Crippen LogP contribution in [0.15, 0.2) is 54.3 Å². The molecule has 37 heavy (non-hydrogen) atoms. The van der Waals surface area contributed by atoms with E-state index in [-0.39, 0.29) is 5.56 Å². The number of amides is 1. The molecule has 2 N–H and O–H groups in total. The van der Waals surface area contributed by atoms with Gasteiger partial charge >= 0.3 is 0 Å². The highest BCUT2D eigenvalue weighted by Gasteiger charge is 2.21. The van der Waals surface area contributed by atoms with Gasteiger partial charge in [0.05, 0.1) is 12.0 Å². The molecule has 0 fully saturated rings. The molecule has 2 aromatic carbocycles. The molecule has 2 aromatic heterocycles. The van der Waals surface area contributed by atoms with Gasteiger partial charge in [-0.1, -0.05) is 6.58 Å². The molecule has 0 aliphatic heterocycles. The van der Waals surface area contributed by atoms with Crippen LogP contribution in [0.25, 0.3) is 22.3 Å². The number of allylic oxidation sites excluding steroid dienone is 1. The van der Waals surface area contributed by atoms with Gasteiger partial charge in [0.1, 0.15) is 34.7 Å². The zero-order valence-electron chi connectivity index (χ0n) is 20.7. The monoisotopic (exact) mass is 505 g/mol. The summed E-state index contributed by atoms with van der Waals surface area (Å²) in [7, 11) is 3.69. The summed E-state index contributed by atoms with van der Waals surface area (Å²) in [4.78, 5) is 27.5. The van der Waals surface area contributed by atoms with Crippen LogP contribution in [0, 0.1) is 18.6 Å². The first-order valence-corrected chi connectivity index (χ1v) is 11.2. The largest absolute Gasteiger partial charge is 0.378 e. The van der Waals surface area contributed by atoms with E-state index in [9.17, 15) is 18.7 Å². The highest BCUT2D eigenvalue weighted by Crippen LogP contribution is 2.31. The molecule has 0 aliphatic carbocycles. The number of anilines is 1. The number of aromatic nitrogens is 4.